The van der Waals surface area contributed by atoms with Crippen molar-refractivity contribution in [3.8, 4) is 0 Å². The van der Waals surface area contributed by atoms with Crippen LogP contribution in [0.4, 0.5) is 0 Å². The summed E-state index contributed by atoms with van der Waals surface area (Å²) in [6.07, 6.45) is 2.49. The summed E-state index contributed by atoms with van der Waals surface area (Å²) in [5.41, 5.74) is 1.24. The van der Waals surface area contributed by atoms with Gasteiger partial charge in [-0.05, 0) is 35.3 Å². The van der Waals surface area contributed by atoms with Crippen LogP contribution in [0.5, 0.6) is 0 Å². The smallest absolute Gasteiger partial charge is 0.306 e. The summed E-state index contributed by atoms with van der Waals surface area (Å²) >= 11 is 1.72. The predicted molar refractivity (Wildman–Crippen MR) is 77.1 cm³/mol. The molecule has 1 aromatic rings. The van der Waals surface area contributed by atoms with Crippen molar-refractivity contribution in [3.63, 3.8) is 0 Å². The van der Waals surface area contributed by atoms with Crippen molar-refractivity contribution in [3.05, 3.63) is 29.8 Å². The highest BCUT2D eigenvalue weighted by molar-refractivity contribution is 7.98. The van der Waals surface area contributed by atoms with Crippen LogP contribution in [0, 0.1) is 5.41 Å². The van der Waals surface area contributed by atoms with Crippen LogP contribution in [-0.2, 0) is 9.53 Å². The van der Waals surface area contributed by atoms with Gasteiger partial charge in [0.25, 0.3) is 0 Å². The molecule has 1 atom stereocenters. The third-order valence-electron chi connectivity index (χ3n) is 3.16. The summed E-state index contributed by atoms with van der Waals surface area (Å²) in [5.74, 6) is 0.0322. The van der Waals surface area contributed by atoms with E-state index in [9.17, 15) is 4.79 Å². The molecule has 0 saturated carbocycles. The van der Waals surface area contributed by atoms with Gasteiger partial charge in [0.05, 0.1) is 13.5 Å². The molecule has 0 bridgehead atoms. The number of hydrogen-bond acceptors (Lipinski definition) is 3. The fourth-order valence-electron chi connectivity index (χ4n) is 2.01. The monoisotopic (exact) mass is 266 g/mol. The molecule has 100 valence electrons. The lowest BCUT2D eigenvalue weighted by Gasteiger charge is -2.30. The molecule has 0 spiro atoms. The Bertz CT molecular complexity index is 390. The molecule has 0 N–H and O–H groups in total. The molecule has 0 radical (unpaired) electrons. The second kappa shape index (κ2) is 6.28. The zero-order chi connectivity index (χ0) is 13.8. The maximum atomic E-state index is 11.5. The van der Waals surface area contributed by atoms with Gasteiger partial charge in [0, 0.05) is 4.90 Å². The van der Waals surface area contributed by atoms with Gasteiger partial charge in [-0.2, -0.15) is 0 Å². The SMILES string of the molecule is COC(=O)CC(c1ccc(SC)cc1)C(C)(C)C. The Hall–Kier alpha value is -0.960. The number of rotatable bonds is 4. The average Bonchev–Trinajstić information content (AvgIpc) is 2.34. The van der Waals surface area contributed by atoms with Gasteiger partial charge in [-0.25, -0.2) is 0 Å². The molecule has 0 saturated heterocycles. The van der Waals surface area contributed by atoms with E-state index in [-0.39, 0.29) is 17.3 Å². The summed E-state index contributed by atoms with van der Waals surface area (Å²) in [5, 5.41) is 0. The predicted octanol–water partition coefficient (Wildman–Crippen LogP) is 4.10. The van der Waals surface area contributed by atoms with Gasteiger partial charge >= 0.3 is 5.97 Å². The summed E-state index contributed by atoms with van der Waals surface area (Å²) < 4.78 is 4.80. The maximum absolute atomic E-state index is 11.5. The van der Waals surface area contributed by atoms with Crippen LogP contribution in [0.2, 0.25) is 0 Å². The Labute approximate surface area is 114 Å². The van der Waals surface area contributed by atoms with E-state index in [2.05, 4.69) is 51.3 Å². The Balaban J connectivity index is 2.98. The first-order valence-electron chi connectivity index (χ1n) is 6.09. The van der Waals surface area contributed by atoms with Crippen LogP contribution in [0.3, 0.4) is 0 Å². The highest BCUT2D eigenvalue weighted by Crippen LogP contribution is 2.38. The molecule has 0 aliphatic heterocycles. The van der Waals surface area contributed by atoms with Crippen LogP contribution in [-0.4, -0.2) is 19.3 Å². The van der Waals surface area contributed by atoms with Gasteiger partial charge in [0.15, 0.2) is 0 Å². The highest BCUT2D eigenvalue weighted by atomic mass is 32.2. The van der Waals surface area contributed by atoms with Crippen molar-refractivity contribution in [1.29, 1.82) is 0 Å². The Morgan fingerprint density at radius 2 is 1.83 bits per heavy atom. The Kier molecular flexibility index (Phi) is 5.27. The van der Waals surface area contributed by atoms with E-state index in [0.717, 1.165) is 0 Å². The Morgan fingerprint density at radius 3 is 2.22 bits per heavy atom. The number of ether oxygens (including phenoxy) is 1. The summed E-state index contributed by atoms with van der Waals surface area (Å²) in [7, 11) is 1.44. The van der Waals surface area contributed by atoms with Crippen LogP contribution < -0.4 is 0 Å². The van der Waals surface area contributed by atoms with Crippen LogP contribution in [0.15, 0.2) is 29.2 Å². The summed E-state index contributed by atoms with van der Waals surface area (Å²) in [6, 6.07) is 8.45. The molecule has 18 heavy (non-hydrogen) atoms. The minimum absolute atomic E-state index is 0.0368. The fraction of sp³-hybridized carbons (Fsp3) is 0.533. The lowest BCUT2D eigenvalue weighted by atomic mass is 9.75. The number of carbonyl (C=O) groups is 1. The minimum atomic E-state index is -0.149. The van der Waals surface area contributed by atoms with E-state index in [0.29, 0.717) is 6.42 Å². The van der Waals surface area contributed by atoms with Crippen molar-refractivity contribution >= 4 is 17.7 Å². The molecule has 0 aliphatic carbocycles. The number of esters is 1. The molecule has 1 rings (SSSR count). The molecule has 0 aliphatic rings. The lowest BCUT2D eigenvalue weighted by Crippen LogP contribution is -2.22. The number of hydrogen-bond donors (Lipinski definition) is 0. The molecular formula is C15H22O2S. The highest BCUT2D eigenvalue weighted by Gasteiger charge is 2.28. The number of benzene rings is 1. The molecular weight excluding hydrogens is 244 g/mol. The second-order valence-corrected chi connectivity index (χ2v) is 6.35. The number of thioether (sulfide) groups is 1. The molecule has 3 heteroatoms. The minimum Gasteiger partial charge on any atom is -0.469 e. The van der Waals surface area contributed by atoms with Crippen molar-refractivity contribution in [1.82, 2.24) is 0 Å². The molecule has 0 aromatic heterocycles. The first-order chi connectivity index (χ1) is 8.38. The van der Waals surface area contributed by atoms with Crippen molar-refractivity contribution in [2.75, 3.05) is 13.4 Å². The first kappa shape index (κ1) is 15.1. The van der Waals surface area contributed by atoms with Crippen molar-refractivity contribution in [2.24, 2.45) is 5.41 Å². The van der Waals surface area contributed by atoms with Gasteiger partial charge < -0.3 is 4.74 Å². The van der Waals surface area contributed by atoms with E-state index >= 15 is 0 Å². The van der Waals surface area contributed by atoms with Crippen LogP contribution in [0.25, 0.3) is 0 Å². The second-order valence-electron chi connectivity index (χ2n) is 5.47. The molecule has 1 unspecified atom stereocenters. The van der Waals surface area contributed by atoms with Gasteiger partial charge in [0.2, 0.25) is 0 Å². The third-order valence-corrected chi connectivity index (χ3v) is 3.91. The van der Waals surface area contributed by atoms with Gasteiger partial charge in [-0.3, -0.25) is 4.79 Å². The van der Waals surface area contributed by atoms with E-state index in [1.165, 1.54) is 17.6 Å². The number of carbonyl (C=O) groups excluding carboxylic acids is 1. The molecule has 2 nitrogen and oxygen atoms in total. The zero-order valence-corrected chi connectivity index (χ0v) is 12.6. The van der Waals surface area contributed by atoms with E-state index < -0.39 is 0 Å². The Morgan fingerprint density at radius 1 is 1.28 bits per heavy atom. The maximum Gasteiger partial charge on any atom is 0.306 e. The average molecular weight is 266 g/mol. The van der Waals surface area contributed by atoms with Crippen molar-refractivity contribution in [2.45, 2.75) is 38.0 Å². The summed E-state index contributed by atoms with van der Waals surface area (Å²) in [6.45, 7) is 6.47. The molecule has 0 fully saturated rings. The van der Waals surface area contributed by atoms with Crippen LogP contribution >= 0.6 is 11.8 Å². The first-order valence-corrected chi connectivity index (χ1v) is 7.31. The van der Waals surface area contributed by atoms with Gasteiger partial charge in [0.1, 0.15) is 0 Å². The van der Waals surface area contributed by atoms with Crippen LogP contribution in [0.1, 0.15) is 38.7 Å². The standard InChI is InChI=1S/C15H22O2S/c1-15(2,3)13(10-14(16)17-4)11-6-8-12(18-5)9-7-11/h6-9,13H,10H2,1-5H3. The third kappa shape index (κ3) is 4.05. The quantitative estimate of drug-likeness (QED) is 0.606. The number of methoxy groups -OCH3 is 1. The summed E-state index contributed by atoms with van der Waals surface area (Å²) in [4.78, 5) is 12.8. The van der Waals surface area contributed by atoms with E-state index in [1.807, 2.05) is 0 Å². The largest absolute Gasteiger partial charge is 0.469 e. The zero-order valence-electron chi connectivity index (χ0n) is 11.8. The van der Waals surface area contributed by atoms with E-state index in [1.54, 1.807) is 11.8 Å². The topological polar surface area (TPSA) is 26.3 Å². The molecule has 1 aromatic carbocycles. The van der Waals surface area contributed by atoms with E-state index in [4.69, 9.17) is 4.74 Å². The fourth-order valence-corrected chi connectivity index (χ4v) is 2.42. The normalized spacial score (nSPS) is 13.2. The van der Waals surface area contributed by atoms with Gasteiger partial charge in [-0.1, -0.05) is 32.9 Å². The molecule has 0 heterocycles. The van der Waals surface area contributed by atoms with Gasteiger partial charge in [-0.15, -0.1) is 11.8 Å². The van der Waals surface area contributed by atoms with Crippen molar-refractivity contribution < 1.29 is 9.53 Å². The lowest BCUT2D eigenvalue weighted by molar-refractivity contribution is -0.141. The molecule has 0 amide bonds.